The summed E-state index contributed by atoms with van der Waals surface area (Å²) >= 11 is 0. The van der Waals surface area contributed by atoms with E-state index in [0.717, 1.165) is 35.8 Å². The van der Waals surface area contributed by atoms with E-state index in [1.807, 2.05) is 10.6 Å². The van der Waals surface area contributed by atoms with E-state index in [1.165, 1.54) is 18.2 Å². The maximum Gasteiger partial charge on any atom is 0.246 e. The second-order valence-electron chi connectivity index (χ2n) is 7.72. The van der Waals surface area contributed by atoms with Crippen LogP contribution in [0.15, 0.2) is 73.7 Å². The van der Waals surface area contributed by atoms with Gasteiger partial charge in [-0.05, 0) is 55.3 Å². The molecule has 1 atom stereocenters. The summed E-state index contributed by atoms with van der Waals surface area (Å²) in [7, 11) is 0. The molecule has 3 heterocycles. The Labute approximate surface area is 188 Å². The molecule has 1 fully saturated rings. The van der Waals surface area contributed by atoms with Crippen LogP contribution >= 0.6 is 0 Å². The van der Waals surface area contributed by atoms with Crippen molar-refractivity contribution in [1.29, 1.82) is 0 Å². The average Bonchev–Trinajstić information content (AvgIpc) is 3.47. The molecule has 0 unspecified atom stereocenters. The van der Waals surface area contributed by atoms with Crippen LogP contribution in [0.5, 0.6) is 11.5 Å². The smallest absolute Gasteiger partial charge is 0.246 e. The minimum atomic E-state index is -1.03. The van der Waals surface area contributed by atoms with Gasteiger partial charge in [0.1, 0.15) is 11.6 Å². The first-order valence-electron chi connectivity index (χ1n) is 10.5. The van der Waals surface area contributed by atoms with Crippen molar-refractivity contribution in [3.05, 3.63) is 91.2 Å². The SMILES string of the molecule is C=CC(=O)N1CCC[C@H]1c1nc(-c2ccc(Oc3cccc(F)c3F)cc2)c2cnccn12. The Balaban J connectivity index is 1.50. The molecule has 4 aromatic rings. The van der Waals surface area contributed by atoms with E-state index in [4.69, 9.17) is 9.72 Å². The van der Waals surface area contributed by atoms with Gasteiger partial charge < -0.3 is 9.64 Å². The summed E-state index contributed by atoms with van der Waals surface area (Å²) in [5, 5.41) is 0. The molecule has 2 aromatic carbocycles. The van der Waals surface area contributed by atoms with Crippen molar-refractivity contribution in [3.63, 3.8) is 0 Å². The summed E-state index contributed by atoms with van der Waals surface area (Å²) in [6, 6.07) is 10.6. The lowest BCUT2D eigenvalue weighted by Crippen LogP contribution is -2.29. The van der Waals surface area contributed by atoms with Crippen molar-refractivity contribution in [2.24, 2.45) is 0 Å². The fraction of sp³-hybridized carbons (Fsp3) is 0.160. The highest BCUT2D eigenvalue weighted by atomic mass is 19.2. The number of carbonyl (C=O) groups excluding carboxylic acids is 1. The van der Waals surface area contributed by atoms with Gasteiger partial charge >= 0.3 is 0 Å². The molecule has 33 heavy (non-hydrogen) atoms. The van der Waals surface area contributed by atoms with E-state index < -0.39 is 11.6 Å². The Morgan fingerprint density at radius 2 is 2.00 bits per heavy atom. The molecule has 5 rings (SSSR count). The van der Waals surface area contributed by atoms with Crippen LogP contribution in [-0.4, -0.2) is 31.7 Å². The topological polar surface area (TPSA) is 59.7 Å². The van der Waals surface area contributed by atoms with Gasteiger partial charge in [-0.25, -0.2) is 9.37 Å². The molecule has 1 amide bonds. The number of halogens is 2. The largest absolute Gasteiger partial charge is 0.454 e. The maximum absolute atomic E-state index is 13.9. The fourth-order valence-corrected chi connectivity index (χ4v) is 4.20. The van der Waals surface area contributed by atoms with E-state index in [9.17, 15) is 13.6 Å². The van der Waals surface area contributed by atoms with Crippen LogP contribution < -0.4 is 4.74 Å². The molecule has 166 valence electrons. The number of nitrogens with zero attached hydrogens (tertiary/aromatic N) is 4. The third kappa shape index (κ3) is 3.73. The van der Waals surface area contributed by atoms with Crippen LogP contribution in [0, 0.1) is 11.6 Å². The van der Waals surface area contributed by atoms with Crippen LogP contribution in [0.2, 0.25) is 0 Å². The molecular formula is C25H20F2N4O2. The number of rotatable bonds is 5. The second kappa shape index (κ2) is 8.46. The molecule has 1 aliphatic heterocycles. The number of aromatic nitrogens is 3. The lowest BCUT2D eigenvalue weighted by atomic mass is 10.1. The number of amides is 1. The quantitative estimate of drug-likeness (QED) is 0.390. The van der Waals surface area contributed by atoms with Gasteiger partial charge in [0.2, 0.25) is 11.7 Å². The first kappa shape index (κ1) is 20.8. The molecule has 1 aliphatic rings. The average molecular weight is 446 g/mol. The van der Waals surface area contributed by atoms with Crippen LogP contribution in [0.25, 0.3) is 16.8 Å². The van der Waals surface area contributed by atoms with E-state index >= 15 is 0 Å². The summed E-state index contributed by atoms with van der Waals surface area (Å²) in [5.74, 6) is -1.18. The zero-order valence-electron chi connectivity index (χ0n) is 17.6. The summed E-state index contributed by atoms with van der Waals surface area (Å²) in [6.07, 6.45) is 8.28. The number of likely N-dealkylation sites (tertiary alicyclic amines) is 1. The van der Waals surface area contributed by atoms with E-state index in [0.29, 0.717) is 18.0 Å². The molecule has 0 aliphatic carbocycles. The third-order valence-electron chi connectivity index (χ3n) is 5.75. The minimum Gasteiger partial charge on any atom is -0.454 e. The Kier molecular flexibility index (Phi) is 5.34. The number of hydrogen-bond donors (Lipinski definition) is 0. The molecule has 0 radical (unpaired) electrons. The second-order valence-corrected chi connectivity index (χ2v) is 7.72. The number of ether oxygens (including phenoxy) is 1. The first-order valence-corrected chi connectivity index (χ1v) is 10.5. The van der Waals surface area contributed by atoms with Gasteiger partial charge in [0, 0.05) is 24.5 Å². The van der Waals surface area contributed by atoms with Gasteiger partial charge in [0.15, 0.2) is 11.6 Å². The predicted molar refractivity (Wildman–Crippen MR) is 119 cm³/mol. The molecule has 0 bridgehead atoms. The Hall–Kier alpha value is -4.07. The molecular weight excluding hydrogens is 426 g/mol. The lowest BCUT2D eigenvalue weighted by Gasteiger charge is -2.22. The molecule has 2 aromatic heterocycles. The van der Waals surface area contributed by atoms with Crippen molar-refractivity contribution in [3.8, 4) is 22.8 Å². The first-order chi connectivity index (χ1) is 16.1. The van der Waals surface area contributed by atoms with E-state index in [-0.39, 0.29) is 17.7 Å². The van der Waals surface area contributed by atoms with Gasteiger partial charge in [0.25, 0.3) is 0 Å². The van der Waals surface area contributed by atoms with E-state index in [2.05, 4.69) is 11.6 Å². The number of benzene rings is 2. The monoisotopic (exact) mass is 446 g/mol. The maximum atomic E-state index is 13.9. The molecule has 6 nitrogen and oxygen atoms in total. The minimum absolute atomic E-state index is 0.115. The molecule has 8 heteroatoms. The number of imidazole rings is 1. The normalized spacial score (nSPS) is 15.7. The van der Waals surface area contributed by atoms with Crippen LogP contribution in [0.1, 0.15) is 24.7 Å². The molecule has 0 spiro atoms. The van der Waals surface area contributed by atoms with Crippen LogP contribution in [-0.2, 0) is 4.79 Å². The Morgan fingerprint density at radius 1 is 1.18 bits per heavy atom. The highest BCUT2D eigenvalue weighted by molar-refractivity contribution is 5.87. The number of carbonyl (C=O) groups is 1. The van der Waals surface area contributed by atoms with E-state index in [1.54, 1.807) is 41.6 Å². The van der Waals surface area contributed by atoms with Crippen LogP contribution in [0.4, 0.5) is 8.78 Å². The highest BCUT2D eigenvalue weighted by Gasteiger charge is 2.32. The predicted octanol–water partition coefficient (Wildman–Crippen LogP) is 5.32. The fourth-order valence-electron chi connectivity index (χ4n) is 4.20. The zero-order chi connectivity index (χ0) is 22.9. The number of fused-ring (bicyclic) bond motifs is 1. The number of hydrogen-bond acceptors (Lipinski definition) is 4. The van der Waals surface area contributed by atoms with Gasteiger partial charge in [-0.1, -0.05) is 12.6 Å². The van der Waals surface area contributed by atoms with Gasteiger partial charge in [-0.2, -0.15) is 4.39 Å². The summed E-state index contributed by atoms with van der Waals surface area (Å²) in [6.45, 7) is 4.27. The Bertz CT molecular complexity index is 1350. The van der Waals surface area contributed by atoms with Crippen molar-refractivity contribution < 1.29 is 18.3 Å². The molecule has 0 N–H and O–H groups in total. The van der Waals surface area contributed by atoms with Crippen LogP contribution in [0.3, 0.4) is 0 Å². The molecule has 0 saturated carbocycles. The summed E-state index contributed by atoms with van der Waals surface area (Å²) < 4.78 is 34.8. The lowest BCUT2D eigenvalue weighted by molar-refractivity contribution is -0.127. The highest BCUT2D eigenvalue weighted by Crippen LogP contribution is 2.36. The Morgan fingerprint density at radius 3 is 2.79 bits per heavy atom. The summed E-state index contributed by atoms with van der Waals surface area (Å²) in [4.78, 5) is 23.3. The molecule has 1 saturated heterocycles. The van der Waals surface area contributed by atoms with Crippen molar-refractivity contribution in [2.75, 3.05) is 6.54 Å². The zero-order valence-corrected chi connectivity index (χ0v) is 17.6. The van der Waals surface area contributed by atoms with Crippen molar-refractivity contribution in [1.82, 2.24) is 19.3 Å². The standard InChI is InChI=1S/C25H20F2N4O2/c1-2-22(32)30-13-4-6-19(30)25-29-24(20-15-28-12-14-31(20)25)16-8-10-17(11-9-16)33-21-7-3-5-18(26)23(21)27/h2-3,5,7-12,14-15,19H,1,4,6,13H2/t19-/m0/s1. The van der Waals surface area contributed by atoms with Gasteiger partial charge in [-0.15, -0.1) is 0 Å². The van der Waals surface area contributed by atoms with Crippen molar-refractivity contribution >= 4 is 11.4 Å². The summed E-state index contributed by atoms with van der Waals surface area (Å²) in [5.41, 5.74) is 2.31. The third-order valence-corrected chi connectivity index (χ3v) is 5.75. The van der Waals surface area contributed by atoms with Gasteiger partial charge in [0.05, 0.1) is 23.4 Å². The van der Waals surface area contributed by atoms with Crippen molar-refractivity contribution in [2.45, 2.75) is 18.9 Å². The van der Waals surface area contributed by atoms with Gasteiger partial charge in [-0.3, -0.25) is 14.2 Å².